The zero-order chi connectivity index (χ0) is 13.8. The van der Waals surface area contributed by atoms with Crippen LogP contribution in [0.25, 0.3) is 10.3 Å². The van der Waals surface area contributed by atoms with Crippen molar-refractivity contribution in [3.8, 4) is 0 Å². The lowest BCUT2D eigenvalue weighted by Crippen LogP contribution is -2.13. The number of carbonyl (C=O) groups is 1. The predicted molar refractivity (Wildman–Crippen MR) is 77.8 cm³/mol. The number of carbonyl (C=O) groups excluding carboxylic acids is 1. The highest BCUT2D eigenvalue weighted by molar-refractivity contribution is 7.19. The van der Waals surface area contributed by atoms with E-state index in [1.807, 2.05) is 12.1 Å². The predicted octanol–water partition coefficient (Wildman–Crippen LogP) is 1.50. The lowest BCUT2D eigenvalue weighted by molar-refractivity contribution is 0.112. The summed E-state index contributed by atoms with van der Waals surface area (Å²) in [5, 5.41) is 0.508. The summed E-state index contributed by atoms with van der Waals surface area (Å²) in [7, 11) is 3.63. The fourth-order valence-electron chi connectivity index (χ4n) is 2.30. The minimum atomic E-state index is 0.508. The second-order valence-electron chi connectivity index (χ2n) is 4.48. The summed E-state index contributed by atoms with van der Waals surface area (Å²) in [5.74, 6) is 0.520. The van der Waals surface area contributed by atoms with E-state index in [9.17, 15) is 4.79 Å². The maximum atomic E-state index is 10.7. The smallest absolute Gasteiger partial charge is 0.178 e. The Labute approximate surface area is 116 Å². The Hall–Kier alpha value is -1.37. The monoisotopic (exact) mass is 278 g/mol. The number of fused-ring (bicyclic) bond motifs is 1. The van der Waals surface area contributed by atoms with Crippen molar-refractivity contribution in [1.82, 2.24) is 14.9 Å². The summed E-state index contributed by atoms with van der Waals surface area (Å²) < 4.78 is 0. The lowest BCUT2D eigenvalue weighted by atomic mass is 10.0. The SMILES string of the molecule is CN.CN1CCC(c2ccc3nc(C=O)sc3n2)C1. The second kappa shape index (κ2) is 6.18. The zero-order valence-corrected chi connectivity index (χ0v) is 12.0. The summed E-state index contributed by atoms with van der Waals surface area (Å²) in [6.45, 7) is 2.20. The van der Waals surface area contributed by atoms with Crippen molar-refractivity contribution in [2.24, 2.45) is 5.73 Å². The first-order valence-electron chi connectivity index (χ1n) is 6.25. The van der Waals surface area contributed by atoms with Crippen molar-refractivity contribution < 1.29 is 4.79 Å². The Kier molecular flexibility index (Phi) is 4.57. The minimum Gasteiger partial charge on any atom is -0.333 e. The average molecular weight is 278 g/mol. The van der Waals surface area contributed by atoms with Gasteiger partial charge in [-0.05, 0) is 39.2 Å². The van der Waals surface area contributed by atoms with Gasteiger partial charge in [0.25, 0.3) is 0 Å². The number of pyridine rings is 1. The Morgan fingerprint density at radius 1 is 1.42 bits per heavy atom. The van der Waals surface area contributed by atoms with Crippen LogP contribution in [0.4, 0.5) is 0 Å². The van der Waals surface area contributed by atoms with Gasteiger partial charge in [0.2, 0.25) is 0 Å². The molecule has 0 saturated carbocycles. The van der Waals surface area contributed by atoms with E-state index in [1.54, 1.807) is 0 Å². The van der Waals surface area contributed by atoms with Crippen LogP contribution < -0.4 is 5.73 Å². The number of hydrogen-bond acceptors (Lipinski definition) is 6. The lowest BCUT2D eigenvalue weighted by Gasteiger charge is -2.09. The highest BCUT2D eigenvalue weighted by atomic mass is 32.1. The first kappa shape index (κ1) is 14.0. The highest BCUT2D eigenvalue weighted by Gasteiger charge is 2.22. The Bertz CT molecular complexity index is 569. The normalized spacial score (nSPS) is 19.2. The Balaban J connectivity index is 0.000000637. The summed E-state index contributed by atoms with van der Waals surface area (Å²) in [5.41, 5.74) is 6.45. The summed E-state index contributed by atoms with van der Waals surface area (Å²) in [6.07, 6.45) is 1.95. The molecule has 0 aliphatic carbocycles. The van der Waals surface area contributed by atoms with Crippen LogP contribution in [0.15, 0.2) is 12.1 Å². The van der Waals surface area contributed by atoms with Gasteiger partial charge in [0.05, 0.1) is 0 Å². The third kappa shape index (κ3) is 2.97. The number of rotatable bonds is 2. The van der Waals surface area contributed by atoms with Crippen molar-refractivity contribution >= 4 is 28.0 Å². The number of nitrogens with zero attached hydrogens (tertiary/aromatic N) is 3. The van der Waals surface area contributed by atoms with Gasteiger partial charge >= 0.3 is 0 Å². The molecular weight excluding hydrogens is 260 g/mol. The number of aldehydes is 1. The number of likely N-dealkylation sites (N-methyl/N-ethyl adjacent to an activating group) is 1. The van der Waals surface area contributed by atoms with Crippen molar-refractivity contribution in [3.63, 3.8) is 0 Å². The average Bonchev–Trinajstić information content (AvgIpc) is 3.05. The molecule has 1 atom stereocenters. The van der Waals surface area contributed by atoms with Crippen LogP contribution in [0.5, 0.6) is 0 Å². The molecule has 1 aliphatic rings. The third-order valence-electron chi connectivity index (χ3n) is 3.20. The van der Waals surface area contributed by atoms with Crippen LogP contribution in [0.2, 0.25) is 0 Å². The van der Waals surface area contributed by atoms with Crippen LogP contribution >= 0.6 is 11.3 Å². The molecule has 1 fully saturated rings. The van der Waals surface area contributed by atoms with Crippen LogP contribution in [0, 0.1) is 0 Å². The molecule has 0 bridgehead atoms. The van der Waals surface area contributed by atoms with E-state index in [2.05, 4.69) is 27.6 Å². The number of aromatic nitrogens is 2. The molecule has 102 valence electrons. The van der Waals surface area contributed by atoms with Crippen molar-refractivity contribution in [3.05, 3.63) is 22.8 Å². The molecule has 2 N–H and O–H groups in total. The first-order valence-corrected chi connectivity index (χ1v) is 7.07. The molecule has 0 amide bonds. The number of hydrogen-bond donors (Lipinski definition) is 1. The van der Waals surface area contributed by atoms with Gasteiger partial charge in [0.15, 0.2) is 11.3 Å². The van der Waals surface area contributed by atoms with E-state index >= 15 is 0 Å². The molecule has 3 rings (SSSR count). The fraction of sp³-hybridized carbons (Fsp3) is 0.462. The van der Waals surface area contributed by atoms with Gasteiger partial charge in [-0.2, -0.15) is 0 Å². The molecule has 1 aliphatic heterocycles. The van der Waals surface area contributed by atoms with Crippen LogP contribution in [0.1, 0.15) is 27.8 Å². The molecule has 2 aromatic heterocycles. The largest absolute Gasteiger partial charge is 0.333 e. The molecule has 1 unspecified atom stereocenters. The number of thiazole rings is 1. The van der Waals surface area contributed by atoms with Gasteiger partial charge in [-0.15, -0.1) is 0 Å². The molecule has 6 heteroatoms. The Morgan fingerprint density at radius 2 is 2.21 bits per heavy atom. The maximum Gasteiger partial charge on any atom is 0.178 e. The molecule has 0 spiro atoms. The van der Waals surface area contributed by atoms with E-state index in [4.69, 9.17) is 0 Å². The third-order valence-corrected chi connectivity index (χ3v) is 4.09. The minimum absolute atomic E-state index is 0.508. The fourth-order valence-corrected chi connectivity index (χ4v) is 3.06. The molecule has 1 saturated heterocycles. The summed E-state index contributed by atoms with van der Waals surface area (Å²) in [6, 6.07) is 4.01. The first-order chi connectivity index (χ1) is 9.26. The van der Waals surface area contributed by atoms with E-state index in [0.717, 1.165) is 41.8 Å². The van der Waals surface area contributed by atoms with Gasteiger partial charge in [0, 0.05) is 18.2 Å². The van der Waals surface area contributed by atoms with Gasteiger partial charge in [0.1, 0.15) is 10.3 Å². The molecule has 0 radical (unpaired) electrons. The quantitative estimate of drug-likeness (QED) is 0.843. The molecule has 19 heavy (non-hydrogen) atoms. The second-order valence-corrected chi connectivity index (χ2v) is 5.49. The van der Waals surface area contributed by atoms with Crippen LogP contribution in [-0.4, -0.2) is 48.3 Å². The van der Waals surface area contributed by atoms with E-state index in [-0.39, 0.29) is 0 Å². The maximum absolute atomic E-state index is 10.7. The zero-order valence-electron chi connectivity index (χ0n) is 11.2. The molecule has 5 nitrogen and oxygen atoms in total. The summed E-state index contributed by atoms with van der Waals surface area (Å²) >= 11 is 1.37. The molecule has 2 aromatic rings. The highest BCUT2D eigenvalue weighted by Crippen LogP contribution is 2.27. The van der Waals surface area contributed by atoms with Gasteiger partial charge < -0.3 is 10.6 Å². The van der Waals surface area contributed by atoms with Crippen LogP contribution in [0.3, 0.4) is 0 Å². The Morgan fingerprint density at radius 3 is 2.84 bits per heavy atom. The van der Waals surface area contributed by atoms with Crippen molar-refractivity contribution in [2.45, 2.75) is 12.3 Å². The summed E-state index contributed by atoms with van der Waals surface area (Å²) in [4.78, 5) is 22.7. The van der Waals surface area contributed by atoms with Crippen molar-refractivity contribution in [1.29, 1.82) is 0 Å². The van der Waals surface area contributed by atoms with Crippen LogP contribution in [-0.2, 0) is 0 Å². The van der Waals surface area contributed by atoms with E-state index < -0.39 is 0 Å². The van der Waals surface area contributed by atoms with Gasteiger partial charge in [-0.25, -0.2) is 9.97 Å². The number of nitrogens with two attached hydrogens (primary N) is 1. The molecular formula is C13H18N4OS. The van der Waals surface area contributed by atoms with E-state index in [1.165, 1.54) is 18.4 Å². The van der Waals surface area contributed by atoms with Crippen molar-refractivity contribution in [2.75, 3.05) is 27.2 Å². The standard InChI is InChI=1S/C12H13N3OS.CH5N/c1-15-5-4-8(6-15)9-2-3-10-12(14-9)17-11(7-16)13-10;1-2/h2-3,7-8H,4-6H2,1H3;2H2,1H3. The van der Waals surface area contributed by atoms with Gasteiger partial charge in [-0.3, -0.25) is 4.79 Å². The van der Waals surface area contributed by atoms with E-state index in [0.29, 0.717) is 10.9 Å². The topological polar surface area (TPSA) is 72.1 Å². The molecule has 3 heterocycles. The molecule has 0 aromatic carbocycles. The number of likely N-dealkylation sites (tertiary alicyclic amines) is 1. The van der Waals surface area contributed by atoms with Gasteiger partial charge in [-0.1, -0.05) is 11.3 Å².